The zero-order chi connectivity index (χ0) is 13.0. The summed E-state index contributed by atoms with van der Waals surface area (Å²) in [5, 5.41) is 9.21. The van der Waals surface area contributed by atoms with Crippen molar-refractivity contribution in [1.82, 2.24) is 25.5 Å². The Morgan fingerprint density at radius 1 is 1.44 bits per heavy atom. The molecule has 2 heterocycles. The van der Waals surface area contributed by atoms with E-state index in [4.69, 9.17) is 4.74 Å². The van der Waals surface area contributed by atoms with Gasteiger partial charge in [-0.2, -0.15) is 5.10 Å². The van der Waals surface area contributed by atoms with Gasteiger partial charge in [0.25, 0.3) is 5.91 Å². The Balaban J connectivity index is 2.03. The second-order valence-electron chi connectivity index (χ2n) is 3.66. The van der Waals surface area contributed by atoms with E-state index in [0.717, 1.165) is 0 Å². The van der Waals surface area contributed by atoms with Crippen LogP contribution in [0.2, 0.25) is 0 Å². The molecule has 0 spiro atoms. The van der Waals surface area contributed by atoms with E-state index in [9.17, 15) is 4.79 Å². The lowest BCUT2D eigenvalue weighted by Crippen LogP contribution is -2.27. The van der Waals surface area contributed by atoms with E-state index >= 15 is 0 Å². The maximum absolute atomic E-state index is 11.9. The van der Waals surface area contributed by atoms with Crippen molar-refractivity contribution in [3.63, 3.8) is 0 Å². The number of aromatic amines is 1. The van der Waals surface area contributed by atoms with Crippen molar-refractivity contribution in [3.8, 4) is 5.88 Å². The number of aromatic nitrogens is 4. The Bertz CT molecular complexity index is 509. The average molecular weight is 247 g/mol. The topological polar surface area (TPSA) is 92.8 Å². The lowest BCUT2D eigenvalue weighted by molar-refractivity contribution is 0.0938. The minimum atomic E-state index is -0.248. The quantitative estimate of drug-likeness (QED) is 0.829. The number of hydrogen-bond donors (Lipinski definition) is 2. The Morgan fingerprint density at radius 2 is 2.28 bits per heavy atom. The lowest BCUT2D eigenvalue weighted by Gasteiger charge is -2.10. The van der Waals surface area contributed by atoms with E-state index in [1.54, 1.807) is 12.1 Å². The number of ether oxygens (including phenoxy) is 1. The Morgan fingerprint density at radius 3 is 2.83 bits per heavy atom. The molecule has 2 aromatic heterocycles. The molecule has 7 heteroatoms. The van der Waals surface area contributed by atoms with Crippen molar-refractivity contribution < 1.29 is 9.53 Å². The van der Waals surface area contributed by atoms with E-state index in [-0.39, 0.29) is 11.9 Å². The van der Waals surface area contributed by atoms with Crippen LogP contribution in [0.15, 0.2) is 24.7 Å². The van der Waals surface area contributed by atoms with Crippen molar-refractivity contribution in [2.45, 2.75) is 13.0 Å². The minimum absolute atomic E-state index is 0.228. The normalized spacial score (nSPS) is 11.9. The van der Waals surface area contributed by atoms with Crippen LogP contribution in [0, 0.1) is 0 Å². The Kier molecular flexibility index (Phi) is 3.52. The van der Waals surface area contributed by atoms with Gasteiger partial charge in [-0.1, -0.05) is 0 Å². The van der Waals surface area contributed by atoms with Crippen LogP contribution < -0.4 is 10.1 Å². The maximum Gasteiger partial charge on any atom is 0.253 e. The molecule has 18 heavy (non-hydrogen) atoms. The van der Waals surface area contributed by atoms with Crippen molar-refractivity contribution in [2.75, 3.05) is 7.11 Å². The van der Waals surface area contributed by atoms with Gasteiger partial charge < -0.3 is 10.1 Å². The SMILES string of the molecule is COc1ccc(C(=O)NC(C)c2ncn[nH]2)cn1. The fourth-order valence-electron chi connectivity index (χ4n) is 1.41. The third-order valence-electron chi connectivity index (χ3n) is 2.40. The predicted molar refractivity (Wildman–Crippen MR) is 63.1 cm³/mol. The molecule has 2 rings (SSSR count). The zero-order valence-electron chi connectivity index (χ0n) is 10.0. The zero-order valence-corrected chi connectivity index (χ0v) is 10.0. The standard InChI is InChI=1S/C11H13N5O2/c1-7(10-13-6-14-16-10)15-11(17)8-3-4-9(18-2)12-5-8/h3-7H,1-2H3,(H,15,17)(H,13,14,16). The van der Waals surface area contributed by atoms with Gasteiger partial charge in [0, 0.05) is 12.3 Å². The van der Waals surface area contributed by atoms with Crippen molar-refractivity contribution in [2.24, 2.45) is 0 Å². The first-order chi connectivity index (χ1) is 8.70. The van der Waals surface area contributed by atoms with Crippen LogP contribution in [-0.2, 0) is 0 Å². The van der Waals surface area contributed by atoms with Crippen LogP contribution in [0.1, 0.15) is 29.1 Å². The second-order valence-corrected chi connectivity index (χ2v) is 3.66. The van der Waals surface area contributed by atoms with Gasteiger partial charge in [0.2, 0.25) is 5.88 Å². The molecular weight excluding hydrogens is 234 g/mol. The van der Waals surface area contributed by atoms with Crippen LogP contribution in [-0.4, -0.2) is 33.2 Å². The molecule has 0 radical (unpaired) electrons. The summed E-state index contributed by atoms with van der Waals surface area (Å²) in [6.07, 6.45) is 2.86. The highest BCUT2D eigenvalue weighted by molar-refractivity contribution is 5.94. The van der Waals surface area contributed by atoms with Crippen LogP contribution in [0.4, 0.5) is 0 Å². The molecule has 0 aliphatic heterocycles. The molecule has 1 atom stereocenters. The summed E-state index contributed by atoms with van der Waals surface area (Å²) in [5.41, 5.74) is 0.460. The van der Waals surface area contributed by atoms with Crippen LogP contribution in [0.5, 0.6) is 5.88 Å². The number of nitrogens with one attached hydrogen (secondary N) is 2. The van der Waals surface area contributed by atoms with Gasteiger partial charge >= 0.3 is 0 Å². The number of rotatable bonds is 4. The Labute approximate surface area is 104 Å². The highest BCUT2D eigenvalue weighted by Gasteiger charge is 2.13. The smallest absolute Gasteiger partial charge is 0.253 e. The first kappa shape index (κ1) is 12.0. The molecule has 0 aromatic carbocycles. The number of amides is 1. The molecule has 0 aliphatic rings. The molecule has 94 valence electrons. The number of carbonyl (C=O) groups is 1. The van der Waals surface area contributed by atoms with Crippen LogP contribution in [0.25, 0.3) is 0 Å². The van der Waals surface area contributed by atoms with E-state index in [1.807, 2.05) is 6.92 Å². The number of H-pyrrole nitrogens is 1. The molecule has 2 aromatic rings. The molecule has 2 N–H and O–H groups in total. The molecule has 1 unspecified atom stereocenters. The number of pyridine rings is 1. The van der Waals surface area contributed by atoms with Crippen LogP contribution >= 0.6 is 0 Å². The molecule has 0 fully saturated rings. The first-order valence-electron chi connectivity index (χ1n) is 5.37. The van der Waals surface area contributed by atoms with Crippen LogP contribution in [0.3, 0.4) is 0 Å². The number of methoxy groups -OCH3 is 1. The summed E-state index contributed by atoms with van der Waals surface area (Å²) in [4.78, 5) is 19.8. The maximum atomic E-state index is 11.9. The molecular formula is C11H13N5O2. The predicted octanol–water partition coefficient (Wildman–Crippen LogP) is 0.699. The van der Waals surface area contributed by atoms with E-state index in [2.05, 4.69) is 25.5 Å². The largest absolute Gasteiger partial charge is 0.481 e. The van der Waals surface area contributed by atoms with Gasteiger partial charge in [0.1, 0.15) is 12.2 Å². The van der Waals surface area contributed by atoms with Crippen molar-refractivity contribution in [3.05, 3.63) is 36.0 Å². The van der Waals surface area contributed by atoms with Gasteiger partial charge in [-0.25, -0.2) is 9.97 Å². The monoisotopic (exact) mass is 247 g/mol. The fourth-order valence-corrected chi connectivity index (χ4v) is 1.41. The minimum Gasteiger partial charge on any atom is -0.481 e. The van der Waals surface area contributed by atoms with Gasteiger partial charge in [0.05, 0.1) is 18.7 Å². The second kappa shape index (κ2) is 5.26. The molecule has 0 saturated heterocycles. The average Bonchev–Trinajstić information content (AvgIpc) is 2.92. The van der Waals surface area contributed by atoms with Gasteiger partial charge in [-0.05, 0) is 13.0 Å². The molecule has 0 aliphatic carbocycles. The molecule has 1 amide bonds. The summed E-state index contributed by atoms with van der Waals surface area (Å²) in [6.45, 7) is 1.81. The highest BCUT2D eigenvalue weighted by atomic mass is 16.5. The molecule has 7 nitrogen and oxygen atoms in total. The van der Waals surface area contributed by atoms with E-state index < -0.39 is 0 Å². The van der Waals surface area contributed by atoms with Crippen molar-refractivity contribution >= 4 is 5.91 Å². The Hall–Kier alpha value is -2.44. The number of carbonyl (C=O) groups excluding carboxylic acids is 1. The molecule has 0 bridgehead atoms. The third kappa shape index (κ3) is 2.62. The lowest BCUT2D eigenvalue weighted by atomic mass is 10.2. The fraction of sp³-hybridized carbons (Fsp3) is 0.273. The highest BCUT2D eigenvalue weighted by Crippen LogP contribution is 2.09. The summed E-state index contributed by atoms with van der Waals surface area (Å²) in [6, 6.07) is 3.03. The van der Waals surface area contributed by atoms with Gasteiger partial charge in [0.15, 0.2) is 0 Å². The van der Waals surface area contributed by atoms with E-state index in [1.165, 1.54) is 19.6 Å². The van der Waals surface area contributed by atoms with Gasteiger partial charge in [-0.3, -0.25) is 9.89 Å². The summed E-state index contributed by atoms with van der Waals surface area (Å²) >= 11 is 0. The summed E-state index contributed by atoms with van der Waals surface area (Å²) in [5.74, 6) is 0.841. The van der Waals surface area contributed by atoms with Crippen molar-refractivity contribution in [1.29, 1.82) is 0 Å². The van der Waals surface area contributed by atoms with E-state index in [0.29, 0.717) is 17.3 Å². The van der Waals surface area contributed by atoms with Gasteiger partial charge in [-0.15, -0.1) is 0 Å². The first-order valence-corrected chi connectivity index (χ1v) is 5.37. The number of hydrogen-bond acceptors (Lipinski definition) is 5. The molecule has 0 saturated carbocycles. The number of nitrogens with zero attached hydrogens (tertiary/aromatic N) is 3. The summed E-state index contributed by atoms with van der Waals surface area (Å²) < 4.78 is 4.92. The third-order valence-corrected chi connectivity index (χ3v) is 2.40. The summed E-state index contributed by atoms with van der Waals surface area (Å²) in [7, 11) is 1.52.